The van der Waals surface area contributed by atoms with Gasteiger partial charge in [0.2, 0.25) is 10.0 Å². The molecule has 0 aromatic carbocycles. The molecular formula is C18H18N4O2S. The highest BCUT2D eigenvalue weighted by Gasteiger charge is 2.30. The topological polar surface area (TPSA) is 76.1 Å². The van der Waals surface area contributed by atoms with Crippen LogP contribution in [0.2, 0.25) is 0 Å². The van der Waals surface area contributed by atoms with E-state index in [2.05, 4.69) is 15.0 Å². The maximum absolute atomic E-state index is 12.7. The maximum Gasteiger partial charge on any atom is 0.244 e. The monoisotopic (exact) mass is 354 g/mol. The lowest BCUT2D eigenvalue weighted by Gasteiger charge is -2.30. The van der Waals surface area contributed by atoms with E-state index in [9.17, 15) is 8.42 Å². The van der Waals surface area contributed by atoms with Gasteiger partial charge in [0.1, 0.15) is 4.90 Å². The van der Waals surface area contributed by atoms with E-state index in [4.69, 9.17) is 0 Å². The molecule has 4 rings (SSSR count). The molecule has 0 radical (unpaired) electrons. The third-order valence-electron chi connectivity index (χ3n) is 4.63. The van der Waals surface area contributed by atoms with Crippen molar-refractivity contribution in [1.82, 2.24) is 19.3 Å². The van der Waals surface area contributed by atoms with Crippen molar-refractivity contribution >= 4 is 21.1 Å². The van der Waals surface area contributed by atoms with Crippen LogP contribution in [0.5, 0.6) is 0 Å². The molecule has 0 N–H and O–H groups in total. The van der Waals surface area contributed by atoms with Crippen molar-refractivity contribution in [3.05, 3.63) is 60.7 Å². The molecule has 0 unspecified atom stereocenters. The van der Waals surface area contributed by atoms with E-state index in [1.807, 2.05) is 24.3 Å². The van der Waals surface area contributed by atoms with Crippen LogP contribution in [0.25, 0.3) is 11.0 Å². The molecule has 1 aliphatic heterocycles. The largest absolute Gasteiger partial charge is 0.263 e. The van der Waals surface area contributed by atoms with Gasteiger partial charge < -0.3 is 0 Å². The first-order valence-electron chi connectivity index (χ1n) is 8.26. The summed E-state index contributed by atoms with van der Waals surface area (Å²) < 4.78 is 26.9. The summed E-state index contributed by atoms with van der Waals surface area (Å²) in [5, 5.41) is 1.02. The molecule has 0 amide bonds. The molecule has 25 heavy (non-hydrogen) atoms. The Balaban J connectivity index is 1.51. The van der Waals surface area contributed by atoms with Crippen LogP contribution < -0.4 is 0 Å². The van der Waals surface area contributed by atoms with Crippen LogP contribution in [0.4, 0.5) is 0 Å². The average Bonchev–Trinajstić information content (AvgIpc) is 2.68. The Hall–Kier alpha value is -2.38. The molecule has 1 aliphatic rings. The highest BCUT2D eigenvalue weighted by Crippen LogP contribution is 2.30. The number of rotatable bonds is 3. The van der Waals surface area contributed by atoms with Crippen LogP contribution in [-0.4, -0.2) is 40.8 Å². The number of sulfonamides is 1. The Kier molecular flexibility index (Phi) is 4.19. The molecule has 3 aromatic heterocycles. The van der Waals surface area contributed by atoms with E-state index in [0.29, 0.717) is 13.1 Å². The molecule has 0 spiro atoms. The van der Waals surface area contributed by atoms with Crippen molar-refractivity contribution in [2.24, 2.45) is 0 Å². The third-order valence-corrected chi connectivity index (χ3v) is 6.51. The summed E-state index contributed by atoms with van der Waals surface area (Å²) in [5.74, 6) is 0.256. The average molecular weight is 354 g/mol. The summed E-state index contributed by atoms with van der Waals surface area (Å²) in [4.78, 5) is 13.1. The first-order valence-corrected chi connectivity index (χ1v) is 9.70. The fourth-order valence-corrected chi connectivity index (χ4v) is 4.67. The minimum absolute atomic E-state index is 0.251. The third kappa shape index (κ3) is 3.12. The predicted octanol–water partition coefficient (Wildman–Crippen LogP) is 2.59. The predicted molar refractivity (Wildman–Crippen MR) is 94.5 cm³/mol. The normalized spacial score (nSPS) is 17.0. The first-order chi connectivity index (χ1) is 12.1. The van der Waals surface area contributed by atoms with Crippen LogP contribution in [0.1, 0.15) is 24.5 Å². The lowest BCUT2D eigenvalue weighted by molar-refractivity contribution is 0.317. The minimum Gasteiger partial charge on any atom is -0.263 e. The Labute approximate surface area is 146 Å². The Morgan fingerprint density at radius 3 is 2.56 bits per heavy atom. The quantitative estimate of drug-likeness (QED) is 0.723. The molecule has 1 saturated heterocycles. The van der Waals surface area contributed by atoms with Gasteiger partial charge in [0.15, 0.2) is 5.65 Å². The standard InChI is InChI=1S/C18H18N4O2S/c23-25(24,16-4-2-9-19-13-16)22-11-7-14(8-12-22)17-6-5-15-3-1-10-20-18(15)21-17/h1-6,9-10,13-14H,7-8,11-12H2. The second-order valence-corrected chi connectivity index (χ2v) is 8.09. The van der Waals surface area contributed by atoms with Gasteiger partial charge in [-0.15, -0.1) is 0 Å². The van der Waals surface area contributed by atoms with E-state index in [0.717, 1.165) is 29.6 Å². The van der Waals surface area contributed by atoms with Crippen molar-refractivity contribution in [1.29, 1.82) is 0 Å². The first kappa shape index (κ1) is 16.1. The molecular weight excluding hydrogens is 336 g/mol. The van der Waals surface area contributed by atoms with Gasteiger partial charge in [-0.1, -0.05) is 0 Å². The van der Waals surface area contributed by atoms with Gasteiger partial charge in [-0.3, -0.25) is 4.98 Å². The van der Waals surface area contributed by atoms with Gasteiger partial charge in [0.05, 0.1) is 0 Å². The molecule has 128 valence electrons. The van der Waals surface area contributed by atoms with Gasteiger partial charge >= 0.3 is 0 Å². The Morgan fingerprint density at radius 2 is 1.80 bits per heavy atom. The summed E-state index contributed by atoms with van der Waals surface area (Å²) in [6.45, 7) is 0.980. The summed E-state index contributed by atoms with van der Waals surface area (Å²) in [5.41, 5.74) is 1.73. The SMILES string of the molecule is O=S(=O)(c1cccnc1)N1CCC(c2ccc3cccnc3n2)CC1. The maximum atomic E-state index is 12.7. The van der Waals surface area contributed by atoms with Crippen LogP contribution in [0, 0.1) is 0 Å². The van der Waals surface area contributed by atoms with Crippen molar-refractivity contribution in [2.45, 2.75) is 23.7 Å². The van der Waals surface area contributed by atoms with Crippen molar-refractivity contribution in [3.63, 3.8) is 0 Å². The second-order valence-electron chi connectivity index (χ2n) is 6.15. The highest BCUT2D eigenvalue weighted by atomic mass is 32.2. The minimum atomic E-state index is -3.46. The zero-order chi connectivity index (χ0) is 17.3. The number of nitrogens with zero attached hydrogens (tertiary/aromatic N) is 4. The molecule has 3 aromatic rings. The van der Waals surface area contributed by atoms with E-state index in [1.165, 1.54) is 6.20 Å². The lowest BCUT2D eigenvalue weighted by Crippen LogP contribution is -2.38. The van der Waals surface area contributed by atoms with Crippen LogP contribution in [0.15, 0.2) is 59.9 Å². The molecule has 6 nitrogen and oxygen atoms in total. The summed E-state index contributed by atoms with van der Waals surface area (Å²) in [6, 6.07) is 11.2. The van der Waals surface area contributed by atoms with Crippen LogP contribution >= 0.6 is 0 Å². The van der Waals surface area contributed by atoms with Crippen molar-refractivity contribution in [3.8, 4) is 0 Å². The Bertz CT molecular complexity index is 984. The van der Waals surface area contributed by atoms with Crippen LogP contribution in [0.3, 0.4) is 0 Å². The highest BCUT2D eigenvalue weighted by molar-refractivity contribution is 7.89. The van der Waals surface area contributed by atoms with E-state index in [-0.39, 0.29) is 10.8 Å². The van der Waals surface area contributed by atoms with E-state index in [1.54, 1.807) is 28.8 Å². The van der Waals surface area contributed by atoms with Gasteiger partial charge in [0, 0.05) is 48.7 Å². The van der Waals surface area contributed by atoms with Crippen molar-refractivity contribution < 1.29 is 8.42 Å². The zero-order valence-corrected chi connectivity index (χ0v) is 14.4. The lowest BCUT2D eigenvalue weighted by atomic mass is 9.94. The summed E-state index contributed by atoms with van der Waals surface area (Å²) >= 11 is 0. The van der Waals surface area contributed by atoms with Gasteiger partial charge in [-0.25, -0.2) is 18.4 Å². The molecule has 1 fully saturated rings. The fraction of sp³-hybridized carbons (Fsp3) is 0.278. The number of aromatic nitrogens is 3. The Morgan fingerprint density at radius 1 is 1.00 bits per heavy atom. The number of piperidine rings is 1. The zero-order valence-electron chi connectivity index (χ0n) is 13.6. The van der Waals surface area contributed by atoms with Crippen LogP contribution in [-0.2, 0) is 10.0 Å². The van der Waals surface area contributed by atoms with Gasteiger partial charge in [-0.05, 0) is 49.2 Å². The summed E-state index contributed by atoms with van der Waals surface area (Å²) in [7, 11) is -3.46. The molecule has 0 aliphatic carbocycles. The molecule has 7 heteroatoms. The molecule has 0 atom stereocenters. The molecule has 0 bridgehead atoms. The second kappa shape index (κ2) is 6.50. The number of pyridine rings is 3. The van der Waals surface area contributed by atoms with E-state index >= 15 is 0 Å². The number of hydrogen-bond acceptors (Lipinski definition) is 5. The smallest absolute Gasteiger partial charge is 0.244 e. The van der Waals surface area contributed by atoms with Crippen molar-refractivity contribution in [2.75, 3.05) is 13.1 Å². The molecule has 0 saturated carbocycles. The van der Waals surface area contributed by atoms with Gasteiger partial charge in [-0.2, -0.15) is 4.31 Å². The van der Waals surface area contributed by atoms with Gasteiger partial charge in [0.25, 0.3) is 0 Å². The molecule has 4 heterocycles. The number of fused-ring (bicyclic) bond motifs is 1. The summed E-state index contributed by atoms with van der Waals surface area (Å²) in [6.07, 6.45) is 6.22. The number of hydrogen-bond donors (Lipinski definition) is 0. The fourth-order valence-electron chi connectivity index (χ4n) is 3.24. The van der Waals surface area contributed by atoms with E-state index < -0.39 is 10.0 Å².